The van der Waals surface area contributed by atoms with E-state index in [9.17, 15) is 0 Å². The van der Waals surface area contributed by atoms with Gasteiger partial charge in [-0.3, -0.25) is 0 Å². The summed E-state index contributed by atoms with van der Waals surface area (Å²) in [7, 11) is 3.33. The normalized spacial score (nSPS) is 10.4. The van der Waals surface area contributed by atoms with Crippen LogP contribution in [0.4, 0.5) is 0 Å². The molecule has 0 atom stereocenters. The molecule has 1 N–H and O–H groups in total. The quantitative estimate of drug-likeness (QED) is 0.753. The Labute approximate surface area is 130 Å². The van der Waals surface area contributed by atoms with Crippen molar-refractivity contribution in [1.29, 1.82) is 0 Å². The van der Waals surface area contributed by atoms with Crippen molar-refractivity contribution in [3.63, 3.8) is 0 Å². The van der Waals surface area contributed by atoms with E-state index in [0.717, 1.165) is 36.6 Å². The van der Waals surface area contributed by atoms with Gasteiger partial charge in [0, 0.05) is 18.7 Å². The van der Waals surface area contributed by atoms with Gasteiger partial charge < -0.3 is 14.8 Å². The molecule has 0 amide bonds. The fourth-order valence-electron chi connectivity index (χ4n) is 2.26. The lowest BCUT2D eigenvalue weighted by molar-refractivity contribution is 0.351. The molecule has 0 fully saturated rings. The zero-order chi connectivity index (χ0) is 15.1. The molecule has 0 aliphatic rings. The molecule has 1 aromatic heterocycles. The lowest BCUT2D eigenvalue weighted by Gasteiger charge is -2.14. The van der Waals surface area contributed by atoms with Gasteiger partial charge in [0.15, 0.2) is 11.5 Å². The van der Waals surface area contributed by atoms with Crippen LogP contribution in [0.3, 0.4) is 0 Å². The van der Waals surface area contributed by atoms with Crippen molar-refractivity contribution in [2.75, 3.05) is 14.2 Å². The molecule has 0 aliphatic carbocycles. The van der Waals surface area contributed by atoms with Crippen LogP contribution in [0.2, 0.25) is 0 Å². The molecule has 0 aliphatic heterocycles. The second-order valence-corrected chi connectivity index (χ2v) is 5.50. The zero-order valence-corrected chi connectivity index (χ0v) is 13.3. The van der Waals surface area contributed by atoms with Crippen LogP contribution in [0.1, 0.15) is 16.7 Å². The average Bonchev–Trinajstić information content (AvgIpc) is 3.00. The smallest absolute Gasteiger partial charge is 0.164 e. The molecule has 2 rings (SSSR count). The minimum Gasteiger partial charge on any atom is -0.493 e. The summed E-state index contributed by atoms with van der Waals surface area (Å²) in [6, 6.07) is 6.30. The molecule has 0 unspecified atom stereocenters. The first-order valence-electron chi connectivity index (χ1n) is 6.85. The Hall–Kier alpha value is -1.78. The molecule has 0 bridgehead atoms. The molecular formula is C17H21NO2S. The van der Waals surface area contributed by atoms with Crippen molar-refractivity contribution in [3.05, 3.63) is 58.3 Å². The predicted molar refractivity (Wildman–Crippen MR) is 88.3 cm³/mol. The largest absolute Gasteiger partial charge is 0.493 e. The van der Waals surface area contributed by atoms with Gasteiger partial charge in [0.05, 0.1) is 14.2 Å². The van der Waals surface area contributed by atoms with Crippen molar-refractivity contribution >= 4 is 11.3 Å². The minimum atomic E-state index is 0.762. The Bertz CT molecular complexity index is 579. The number of hydrogen-bond acceptors (Lipinski definition) is 4. The SMILES string of the molecule is C=CCc1cc(CNCc2ccsc2)cc(OC)c1OC. The number of allylic oxidation sites excluding steroid dienone is 1. The molecule has 4 heteroatoms. The molecule has 0 saturated carbocycles. The summed E-state index contributed by atoms with van der Waals surface area (Å²) in [6.45, 7) is 5.46. The van der Waals surface area contributed by atoms with Crippen molar-refractivity contribution in [3.8, 4) is 11.5 Å². The van der Waals surface area contributed by atoms with Crippen LogP contribution < -0.4 is 14.8 Å². The molecule has 3 nitrogen and oxygen atoms in total. The average molecular weight is 303 g/mol. The van der Waals surface area contributed by atoms with Crippen molar-refractivity contribution in [2.45, 2.75) is 19.5 Å². The summed E-state index contributed by atoms with van der Waals surface area (Å²) in [4.78, 5) is 0. The number of nitrogens with one attached hydrogen (secondary N) is 1. The van der Waals surface area contributed by atoms with E-state index < -0.39 is 0 Å². The Balaban J connectivity index is 2.11. The highest BCUT2D eigenvalue weighted by Gasteiger charge is 2.11. The third-order valence-corrected chi connectivity index (χ3v) is 3.95. The maximum atomic E-state index is 5.45. The standard InChI is InChI=1S/C17H21NO2S/c1-4-5-15-8-14(9-16(19-2)17(15)20-3)11-18-10-13-6-7-21-12-13/h4,6-9,12,18H,1,5,10-11H2,2-3H3. The topological polar surface area (TPSA) is 30.5 Å². The first-order chi connectivity index (χ1) is 10.3. The summed E-state index contributed by atoms with van der Waals surface area (Å²) in [6.07, 6.45) is 2.64. The highest BCUT2D eigenvalue weighted by atomic mass is 32.1. The molecule has 0 saturated heterocycles. The van der Waals surface area contributed by atoms with Gasteiger partial charge in [-0.15, -0.1) is 6.58 Å². The number of benzene rings is 1. The van der Waals surface area contributed by atoms with Gasteiger partial charge in [0.1, 0.15) is 0 Å². The Morgan fingerprint density at radius 2 is 2.00 bits per heavy atom. The molecule has 112 valence electrons. The van der Waals surface area contributed by atoms with Crippen molar-refractivity contribution in [1.82, 2.24) is 5.32 Å². The summed E-state index contributed by atoms with van der Waals surface area (Å²) >= 11 is 1.72. The third-order valence-electron chi connectivity index (χ3n) is 3.22. The van der Waals surface area contributed by atoms with Gasteiger partial charge in [-0.25, -0.2) is 0 Å². The van der Waals surface area contributed by atoms with E-state index in [4.69, 9.17) is 9.47 Å². The highest BCUT2D eigenvalue weighted by Crippen LogP contribution is 2.33. The molecule has 0 spiro atoms. The van der Waals surface area contributed by atoms with E-state index in [2.05, 4.69) is 34.8 Å². The number of methoxy groups -OCH3 is 2. The lowest BCUT2D eigenvalue weighted by atomic mass is 10.1. The van der Waals surface area contributed by atoms with Crippen LogP contribution in [-0.2, 0) is 19.5 Å². The predicted octanol–water partition coefficient (Wildman–Crippen LogP) is 3.78. The molecule has 0 radical (unpaired) electrons. The number of rotatable bonds is 8. The van der Waals surface area contributed by atoms with Crippen LogP contribution in [0.5, 0.6) is 11.5 Å². The second-order valence-electron chi connectivity index (χ2n) is 4.72. The number of ether oxygens (including phenoxy) is 2. The van der Waals surface area contributed by atoms with Gasteiger partial charge in [-0.05, 0) is 40.4 Å². The summed E-state index contributed by atoms with van der Waals surface area (Å²) in [5.74, 6) is 1.56. The van der Waals surface area contributed by atoms with Crippen LogP contribution in [0.15, 0.2) is 41.6 Å². The van der Waals surface area contributed by atoms with E-state index in [-0.39, 0.29) is 0 Å². The Morgan fingerprint density at radius 3 is 2.62 bits per heavy atom. The van der Waals surface area contributed by atoms with Crippen LogP contribution in [0, 0.1) is 0 Å². The van der Waals surface area contributed by atoms with Crippen LogP contribution in [0.25, 0.3) is 0 Å². The van der Waals surface area contributed by atoms with Crippen LogP contribution >= 0.6 is 11.3 Å². The van der Waals surface area contributed by atoms with E-state index in [1.165, 1.54) is 11.1 Å². The third kappa shape index (κ3) is 4.09. The van der Waals surface area contributed by atoms with E-state index >= 15 is 0 Å². The first kappa shape index (κ1) is 15.6. The number of thiophene rings is 1. The summed E-state index contributed by atoms with van der Waals surface area (Å²) < 4.78 is 10.9. The van der Waals surface area contributed by atoms with Gasteiger partial charge in [-0.2, -0.15) is 11.3 Å². The van der Waals surface area contributed by atoms with E-state index in [0.29, 0.717) is 0 Å². The minimum absolute atomic E-state index is 0.762. The first-order valence-corrected chi connectivity index (χ1v) is 7.79. The van der Waals surface area contributed by atoms with Gasteiger partial charge in [-0.1, -0.05) is 12.1 Å². The number of hydrogen-bond donors (Lipinski definition) is 1. The van der Waals surface area contributed by atoms with Gasteiger partial charge in [0.25, 0.3) is 0 Å². The van der Waals surface area contributed by atoms with Crippen LogP contribution in [-0.4, -0.2) is 14.2 Å². The molecule has 21 heavy (non-hydrogen) atoms. The summed E-state index contributed by atoms with van der Waals surface area (Å²) in [5, 5.41) is 7.70. The Kier molecular flexibility index (Phi) is 5.84. The second kappa shape index (κ2) is 7.86. The van der Waals surface area contributed by atoms with E-state index in [1.807, 2.05) is 12.1 Å². The zero-order valence-electron chi connectivity index (χ0n) is 12.5. The molecular weight excluding hydrogens is 282 g/mol. The fraction of sp³-hybridized carbons (Fsp3) is 0.294. The molecule has 1 aromatic carbocycles. The molecule has 1 heterocycles. The highest BCUT2D eigenvalue weighted by molar-refractivity contribution is 7.07. The maximum Gasteiger partial charge on any atom is 0.164 e. The monoisotopic (exact) mass is 303 g/mol. The van der Waals surface area contributed by atoms with Gasteiger partial charge >= 0.3 is 0 Å². The van der Waals surface area contributed by atoms with Crippen molar-refractivity contribution in [2.24, 2.45) is 0 Å². The lowest BCUT2D eigenvalue weighted by Crippen LogP contribution is -2.12. The van der Waals surface area contributed by atoms with E-state index in [1.54, 1.807) is 25.6 Å². The van der Waals surface area contributed by atoms with Crippen molar-refractivity contribution < 1.29 is 9.47 Å². The Morgan fingerprint density at radius 1 is 1.19 bits per heavy atom. The maximum absolute atomic E-state index is 5.45. The summed E-state index contributed by atoms with van der Waals surface area (Å²) in [5.41, 5.74) is 3.59. The molecule has 2 aromatic rings. The fourth-order valence-corrected chi connectivity index (χ4v) is 2.93. The van der Waals surface area contributed by atoms with Gasteiger partial charge in [0.2, 0.25) is 0 Å².